The minimum absolute atomic E-state index is 0.672. The van der Waals surface area contributed by atoms with E-state index in [1.54, 1.807) is 0 Å². The number of benzene rings is 1. The molecule has 2 aromatic rings. The topological polar surface area (TPSA) is 41.1 Å². The molecule has 1 aromatic heterocycles. The molecule has 0 bridgehead atoms. The van der Waals surface area contributed by atoms with Crippen molar-refractivity contribution in [3.8, 4) is 0 Å². The molecular formula is C19H28N4. The lowest BCUT2D eigenvalue weighted by atomic mass is 10.1. The molecule has 0 fully saturated rings. The lowest BCUT2D eigenvalue weighted by Gasteiger charge is -2.23. The number of rotatable bonds is 7. The Labute approximate surface area is 140 Å². The van der Waals surface area contributed by atoms with Crippen molar-refractivity contribution in [1.29, 1.82) is 0 Å². The summed E-state index contributed by atoms with van der Waals surface area (Å²) in [7, 11) is 0. The molecule has 124 valence electrons. The van der Waals surface area contributed by atoms with E-state index in [0.717, 1.165) is 43.1 Å². The zero-order valence-corrected chi connectivity index (χ0v) is 15.0. The van der Waals surface area contributed by atoms with E-state index in [0.29, 0.717) is 5.95 Å². The first kappa shape index (κ1) is 17.3. The number of nitrogens with one attached hydrogen (secondary N) is 1. The summed E-state index contributed by atoms with van der Waals surface area (Å²) in [6.07, 6.45) is 2.23. The first-order chi connectivity index (χ1) is 11.0. The number of hydrogen-bond donors (Lipinski definition) is 1. The number of aromatic nitrogens is 2. The van der Waals surface area contributed by atoms with E-state index in [-0.39, 0.29) is 0 Å². The van der Waals surface area contributed by atoms with Crippen molar-refractivity contribution in [3.63, 3.8) is 0 Å². The average molecular weight is 312 g/mol. The zero-order chi connectivity index (χ0) is 16.8. The van der Waals surface area contributed by atoms with Gasteiger partial charge in [0.1, 0.15) is 5.82 Å². The highest BCUT2D eigenvalue weighted by atomic mass is 15.2. The van der Waals surface area contributed by atoms with Crippen molar-refractivity contribution < 1.29 is 0 Å². The summed E-state index contributed by atoms with van der Waals surface area (Å²) in [4.78, 5) is 11.6. The maximum atomic E-state index is 4.74. The van der Waals surface area contributed by atoms with Crippen LogP contribution in [0.4, 0.5) is 17.5 Å². The highest BCUT2D eigenvalue weighted by Gasteiger charge is 2.10. The fourth-order valence-electron chi connectivity index (χ4n) is 2.66. The maximum Gasteiger partial charge on any atom is 0.229 e. The van der Waals surface area contributed by atoms with Crippen LogP contribution in [0.15, 0.2) is 24.3 Å². The Morgan fingerprint density at radius 1 is 1.00 bits per heavy atom. The van der Waals surface area contributed by atoms with Crippen LogP contribution >= 0.6 is 0 Å². The first-order valence-electron chi connectivity index (χ1n) is 8.49. The molecule has 1 heterocycles. The molecule has 1 aromatic carbocycles. The van der Waals surface area contributed by atoms with Gasteiger partial charge in [-0.1, -0.05) is 26.0 Å². The Balaban J connectivity index is 2.31. The molecular weight excluding hydrogens is 284 g/mol. The number of aryl methyl sites for hydroxylation is 2. The van der Waals surface area contributed by atoms with E-state index in [1.165, 1.54) is 11.1 Å². The van der Waals surface area contributed by atoms with Crippen LogP contribution in [0.5, 0.6) is 0 Å². The van der Waals surface area contributed by atoms with Crippen LogP contribution in [0.3, 0.4) is 0 Å². The first-order valence-corrected chi connectivity index (χ1v) is 8.49. The third-order valence-corrected chi connectivity index (χ3v) is 4.00. The van der Waals surface area contributed by atoms with Gasteiger partial charge in [-0.15, -0.1) is 0 Å². The van der Waals surface area contributed by atoms with Crippen molar-refractivity contribution in [1.82, 2.24) is 9.97 Å². The molecule has 0 saturated carbocycles. The van der Waals surface area contributed by atoms with Crippen molar-refractivity contribution in [3.05, 3.63) is 41.1 Å². The van der Waals surface area contributed by atoms with Crippen LogP contribution in [0.2, 0.25) is 0 Å². The van der Waals surface area contributed by atoms with E-state index >= 15 is 0 Å². The molecule has 0 aliphatic heterocycles. The molecule has 0 unspecified atom stereocenters. The summed E-state index contributed by atoms with van der Waals surface area (Å²) < 4.78 is 0. The summed E-state index contributed by atoms with van der Waals surface area (Å²) >= 11 is 0. The van der Waals surface area contributed by atoms with Crippen LogP contribution < -0.4 is 10.2 Å². The Bertz CT molecular complexity index is 646. The Kier molecular flexibility index (Phi) is 5.97. The molecule has 0 saturated heterocycles. The SMILES string of the molecule is CCCN(CCC)c1cc(C)nc(Nc2cccc(C)c2C)n1. The second-order valence-corrected chi connectivity index (χ2v) is 6.05. The van der Waals surface area contributed by atoms with Gasteiger partial charge in [-0.25, -0.2) is 4.98 Å². The quantitative estimate of drug-likeness (QED) is 0.799. The lowest BCUT2D eigenvalue weighted by Crippen LogP contribution is -2.26. The monoisotopic (exact) mass is 312 g/mol. The molecule has 0 aliphatic carbocycles. The van der Waals surface area contributed by atoms with Crippen LogP contribution in [0, 0.1) is 20.8 Å². The number of hydrogen-bond acceptors (Lipinski definition) is 4. The Morgan fingerprint density at radius 2 is 1.70 bits per heavy atom. The Morgan fingerprint density at radius 3 is 2.35 bits per heavy atom. The second-order valence-electron chi connectivity index (χ2n) is 6.05. The number of anilines is 3. The molecule has 0 atom stereocenters. The van der Waals surface area contributed by atoms with Gasteiger partial charge in [-0.3, -0.25) is 0 Å². The Hall–Kier alpha value is -2.10. The van der Waals surface area contributed by atoms with E-state index in [4.69, 9.17) is 4.98 Å². The van der Waals surface area contributed by atoms with E-state index in [2.05, 4.69) is 67.2 Å². The second kappa shape index (κ2) is 7.95. The molecule has 0 radical (unpaired) electrons. The van der Waals surface area contributed by atoms with Crippen molar-refractivity contribution >= 4 is 17.5 Å². The molecule has 0 amide bonds. The van der Waals surface area contributed by atoms with E-state index in [9.17, 15) is 0 Å². The molecule has 0 spiro atoms. The summed E-state index contributed by atoms with van der Waals surface area (Å²) in [5, 5.41) is 3.38. The molecule has 4 heteroatoms. The summed E-state index contributed by atoms with van der Waals surface area (Å²) in [6.45, 7) is 12.7. The molecule has 0 aliphatic rings. The molecule has 2 rings (SSSR count). The van der Waals surface area contributed by atoms with Gasteiger partial charge in [0.05, 0.1) is 0 Å². The third kappa shape index (κ3) is 4.44. The van der Waals surface area contributed by atoms with Gasteiger partial charge in [-0.05, 0) is 50.8 Å². The van der Waals surface area contributed by atoms with Gasteiger partial charge >= 0.3 is 0 Å². The minimum Gasteiger partial charge on any atom is -0.356 e. The van der Waals surface area contributed by atoms with Crippen LogP contribution in [0.1, 0.15) is 43.5 Å². The van der Waals surface area contributed by atoms with Crippen LogP contribution in [-0.2, 0) is 0 Å². The van der Waals surface area contributed by atoms with Crippen molar-refractivity contribution in [2.24, 2.45) is 0 Å². The van der Waals surface area contributed by atoms with Gasteiger partial charge in [0, 0.05) is 30.5 Å². The van der Waals surface area contributed by atoms with Crippen LogP contribution in [0.25, 0.3) is 0 Å². The summed E-state index contributed by atoms with van der Waals surface area (Å²) in [5.41, 5.74) is 4.55. The molecule has 23 heavy (non-hydrogen) atoms. The van der Waals surface area contributed by atoms with Crippen molar-refractivity contribution in [2.75, 3.05) is 23.3 Å². The van der Waals surface area contributed by atoms with Gasteiger partial charge in [0.15, 0.2) is 0 Å². The zero-order valence-electron chi connectivity index (χ0n) is 15.0. The number of nitrogens with zero attached hydrogens (tertiary/aromatic N) is 3. The van der Waals surface area contributed by atoms with Crippen molar-refractivity contribution in [2.45, 2.75) is 47.5 Å². The largest absolute Gasteiger partial charge is 0.356 e. The third-order valence-electron chi connectivity index (χ3n) is 4.00. The van der Waals surface area contributed by atoms with Gasteiger partial charge in [0.25, 0.3) is 0 Å². The maximum absolute atomic E-state index is 4.74. The molecule has 4 nitrogen and oxygen atoms in total. The van der Waals surface area contributed by atoms with Crippen LogP contribution in [-0.4, -0.2) is 23.1 Å². The minimum atomic E-state index is 0.672. The summed E-state index contributed by atoms with van der Waals surface area (Å²) in [6, 6.07) is 8.32. The van der Waals surface area contributed by atoms with Gasteiger partial charge in [-0.2, -0.15) is 4.98 Å². The predicted octanol–water partition coefficient (Wildman–Crippen LogP) is 4.77. The predicted molar refractivity (Wildman–Crippen MR) is 98.8 cm³/mol. The average Bonchev–Trinajstić information content (AvgIpc) is 2.51. The fraction of sp³-hybridized carbons (Fsp3) is 0.474. The normalized spacial score (nSPS) is 10.7. The highest BCUT2D eigenvalue weighted by molar-refractivity contribution is 5.61. The smallest absolute Gasteiger partial charge is 0.229 e. The van der Waals surface area contributed by atoms with Gasteiger partial charge in [0.2, 0.25) is 5.95 Å². The summed E-state index contributed by atoms with van der Waals surface area (Å²) in [5.74, 6) is 1.68. The van der Waals surface area contributed by atoms with E-state index < -0.39 is 0 Å². The van der Waals surface area contributed by atoms with Gasteiger partial charge < -0.3 is 10.2 Å². The van der Waals surface area contributed by atoms with E-state index in [1.807, 2.05) is 6.92 Å². The standard InChI is InChI=1S/C19H28N4/c1-6-11-23(12-7-2)18-13-15(4)20-19(22-18)21-17-10-8-9-14(3)16(17)5/h8-10,13H,6-7,11-12H2,1-5H3,(H,20,21,22). The highest BCUT2D eigenvalue weighted by Crippen LogP contribution is 2.23. The molecule has 1 N–H and O–H groups in total. The fourth-order valence-corrected chi connectivity index (χ4v) is 2.66. The lowest BCUT2D eigenvalue weighted by molar-refractivity contribution is 0.732.